The van der Waals surface area contributed by atoms with Gasteiger partial charge < -0.3 is 15.6 Å². The Balaban J connectivity index is 2.58. The van der Waals surface area contributed by atoms with E-state index in [4.69, 9.17) is 15.6 Å². The number of benzene rings is 1. The van der Waals surface area contributed by atoms with Gasteiger partial charge in [0.1, 0.15) is 5.75 Å². The van der Waals surface area contributed by atoms with Crippen molar-refractivity contribution in [1.82, 2.24) is 0 Å². The number of methoxy groups -OCH3 is 1. The lowest BCUT2D eigenvalue weighted by Crippen LogP contribution is -2.20. The van der Waals surface area contributed by atoms with E-state index in [2.05, 4.69) is 0 Å². The van der Waals surface area contributed by atoms with Crippen LogP contribution in [0.15, 0.2) is 24.3 Å². The molecule has 1 unspecified atom stereocenters. The van der Waals surface area contributed by atoms with Crippen LogP contribution in [0.2, 0.25) is 0 Å². The molecule has 0 saturated heterocycles. The number of aliphatic hydroxyl groups is 1. The van der Waals surface area contributed by atoms with Gasteiger partial charge >= 0.3 is 0 Å². The smallest absolute Gasteiger partial charge is 0.118 e. The van der Waals surface area contributed by atoms with Crippen LogP contribution in [0.1, 0.15) is 5.56 Å². The SMILES string of the molecule is COc1ccc(CC(CN)CO)cc1. The van der Waals surface area contributed by atoms with Crippen LogP contribution in [0.3, 0.4) is 0 Å². The van der Waals surface area contributed by atoms with Crippen molar-refractivity contribution in [3.8, 4) is 5.75 Å². The molecule has 0 saturated carbocycles. The summed E-state index contributed by atoms with van der Waals surface area (Å²) in [6.45, 7) is 0.658. The second-order valence-corrected chi connectivity index (χ2v) is 3.34. The first kappa shape index (κ1) is 11.0. The normalized spacial score (nSPS) is 12.5. The zero-order valence-electron chi connectivity index (χ0n) is 8.44. The molecule has 0 fully saturated rings. The number of hydrogen-bond donors (Lipinski definition) is 2. The quantitative estimate of drug-likeness (QED) is 0.731. The molecule has 14 heavy (non-hydrogen) atoms. The van der Waals surface area contributed by atoms with Gasteiger partial charge in [0.05, 0.1) is 7.11 Å². The van der Waals surface area contributed by atoms with Crippen LogP contribution < -0.4 is 10.5 Å². The lowest BCUT2D eigenvalue weighted by molar-refractivity contribution is 0.230. The zero-order chi connectivity index (χ0) is 10.4. The van der Waals surface area contributed by atoms with Gasteiger partial charge in [-0.2, -0.15) is 0 Å². The summed E-state index contributed by atoms with van der Waals surface area (Å²) in [5.74, 6) is 1.01. The molecule has 0 spiro atoms. The average Bonchev–Trinajstić information content (AvgIpc) is 2.26. The van der Waals surface area contributed by atoms with Gasteiger partial charge in [0.15, 0.2) is 0 Å². The van der Waals surface area contributed by atoms with E-state index in [1.165, 1.54) is 5.56 Å². The minimum atomic E-state index is 0.141. The molecule has 78 valence electrons. The van der Waals surface area contributed by atoms with E-state index in [9.17, 15) is 0 Å². The molecule has 0 aliphatic rings. The van der Waals surface area contributed by atoms with Gasteiger partial charge in [0, 0.05) is 6.61 Å². The molecule has 1 atom stereocenters. The lowest BCUT2D eigenvalue weighted by atomic mass is 10.0. The first-order valence-corrected chi connectivity index (χ1v) is 4.74. The first-order valence-electron chi connectivity index (χ1n) is 4.74. The van der Waals surface area contributed by atoms with Crippen LogP contribution >= 0.6 is 0 Å². The Labute approximate surface area is 84.5 Å². The van der Waals surface area contributed by atoms with Crippen molar-refractivity contribution in [3.05, 3.63) is 29.8 Å². The summed E-state index contributed by atoms with van der Waals surface area (Å²) >= 11 is 0. The molecule has 0 bridgehead atoms. The summed E-state index contributed by atoms with van der Waals surface area (Å²) < 4.78 is 5.05. The van der Waals surface area contributed by atoms with E-state index < -0.39 is 0 Å². The summed E-state index contributed by atoms with van der Waals surface area (Å²) in [4.78, 5) is 0. The third-order valence-corrected chi connectivity index (χ3v) is 2.27. The fourth-order valence-corrected chi connectivity index (χ4v) is 1.32. The molecule has 1 aromatic carbocycles. The maximum atomic E-state index is 8.98. The number of hydrogen-bond acceptors (Lipinski definition) is 3. The largest absolute Gasteiger partial charge is 0.497 e. The van der Waals surface area contributed by atoms with E-state index >= 15 is 0 Å². The minimum absolute atomic E-state index is 0.141. The van der Waals surface area contributed by atoms with Gasteiger partial charge in [-0.05, 0) is 36.6 Å². The van der Waals surface area contributed by atoms with Crippen molar-refractivity contribution >= 4 is 0 Å². The molecular formula is C11H17NO2. The summed E-state index contributed by atoms with van der Waals surface area (Å²) in [6.07, 6.45) is 0.816. The highest BCUT2D eigenvalue weighted by Gasteiger charge is 2.05. The number of ether oxygens (including phenoxy) is 1. The number of rotatable bonds is 5. The van der Waals surface area contributed by atoms with Gasteiger partial charge in [0.25, 0.3) is 0 Å². The van der Waals surface area contributed by atoms with Crippen LogP contribution in [0.25, 0.3) is 0 Å². The van der Waals surface area contributed by atoms with Crippen LogP contribution in [0.5, 0.6) is 5.75 Å². The van der Waals surface area contributed by atoms with E-state index in [0.29, 0.717) is 6.54 Å². The molecule has 0 aromatic heterocycles. The Morgan fingerprint density at radius 2 is 2.00 bits per heavy atom. The molecule has 3 nitrogen and oxygen atoms in total. The van der Waals surface area contributed by atoms with Gasteiger partial charge in [-0.15, -0.1) is 0 Å². The summed E-state index contributed by atoms with van der Waals surface area (Å²) in [5.41, 5.74) is 6.68. The molecule has 3 heteroatoms. The van der Waals surface area contributed by atoms with Crippen molar-refractivity contribution < 1.29 is 9.84 Å². The lowest BCUT2D eigenvalue weighted by Gasteiger charge is -2.11. The fraction of sp³-hybridized carbons (Fsp3) is 0.455. The number of aliphatic hydroxyl groups excluding tert-OH is 1. The Morgan fingerprint density at radius 1 is 1.36 bits per heavy atom. The highest BCUT2D eigenvalue weighted by Crippen LogP contribution is 2.14. The van der Waals surface area contributed by atoms with E-state index in [-0.39, 0.29) is 12.5 Å². The summed E-state index contributed by atoms with van der Waals surface area (Å²) in [6, 6.07) is 7.83. The molecule has 0 heterocycles. The monoisotopic (exact) mass is 195 g/mol. The fourth-order valence-electron chi connectivity index (χ4n) is 1.32. The third kappa shape index (κ3) is 3.01. The molecule has 0 aliphatic carbocycles. The molecular weight excluding hydrogens is 178 g/mol. The van der Waals surface area contributed by atoms with Crippen LogP contribution in [0, 0.1) is 5.92 Å². The maximum absolute atomic E-state index is 8.98. The highest BCUT2D eigenvalue weighted by atomic mass is 16.5. The third-order valence-electron chi connectivity index (χ3n) is 2.27. The highest BCUT2D eigenvalue weighted by molar-refractivity contribution is 5.27. The summed E-state index contributed by atoms with van der Waals surface area (Å²) in [5, 5.41) is 8.98. The van der Waals surface area contributed by atoms with Crippen LogP contribution in [-0.2, 0) is 6.42 Å². The van der Waals surface area contributed by atoms with Crippen molar-refractivity contribution in [2.45, 2.75) is 6.42 Å². The van der Waals surface area contributed by atoms with Crippen LogP contribution in [0.4, 0.5) is 0 Å². The molecule has 1 rings (SSSR count). The number of nitrogens with two attached hydrogens (primary N) is 1. The summed E-state index contributed by atoms with van der Waals surface area (Å²) in [7, 11) is 1.64. The van der Waals surface area contributed by atoms with E-state index in [1.807, 2.05) is 24.3 Å². The first-order chi connectivity index (χ1) is 6.80. The zero-order valence-corrected chi connectivity index (χ0v) is 8.44. The Bertz CT molecular complexity index is 254. The second kappa shape index (κ2) is 5.62. The Morgan fingerprint density at radius 3 is 2.43 bits per heavy atom. The minimum Gasteiger partial charge on any atom is -0.497 e. The van der Waals surface area contributed by atoms with E-state index in [0.717, 1.165) is 12.2 Å². The standard InChI is InChI=1S/C11H17NO2/c1-14-11-4-2-9(3-5-11)6-10(7-12)8-13/h2-5,10,13H,6-8,12H2,1H3. The van der Waals surface area contributed by atoms with Crippen molar-refractivity contribution in [2.75, 3.05) is 20.3 Å². The van der Waals surface area contributed by atoms with Gasteiger partial charge in [-0.1, -0.05) is 12.1 Å². The average molecular weight is 195 g/mol. The molecule has 0 radical (unpaired) electrons. The Kier molecular flexibility index (Phi) is 4.43. The predicted molar refractivity (Wildman–Crippen MR) is 56.3 cm³/mol. The topological polar surface area (TPSA) is 55.5 Å². The van der Waals surface area contributed by atoms with E-state index in [1.54, 1.807) is 7.11 Å². The molecule has 0 amide bonds. The molecule has 0 aliphatic heterocycles. The molecule has 1 aromatic rings. The predicted octanol–water partition coefficient (Wildman–Crippen LogP) is 0.805. The van der Waals surface area contributed by atoms with Gasteiger partial charge in [-0.25, -0.2) is 0 Å². The van der Waals surface area contributed by atoms with Crippen molar-refractivity contribution in [3.63, 3.8) is 0 Å². The Hall–Kier alpha value is -1.06. The van der Waals surface area contributed by atoms with Crippen molar-refractivity contribution in [2.24, 2.45) is 11.7 Å². The van der Waals surface area contributed by atoms with Crippen molar-refractivity contribution in [1.29, 1.82) is 0 Å². The van der Waals surface area contributed by atoms with Crippen LogP contribution in [-0.4, -0.2) is 25.4 Å². The van der Waals surface area contributed by atoms with Gasteiger partial charge in [0.2, 0.25) is 0 Å². The maximum Gasteiger partial charge on any atom is 0.118 e. The van der Waals surface area contributed by atoms with Gasteiger partial charge in [-0.3, -0.25) is 0 Å². The second-order valence-electron chi connectivity index (χ2n) is 3.34. The molecule has 3 N–H and O–H groups in total.